The zero-order valence-corrected chi connectivity index (χ0v) is 11.2. The van der Waals surface area contributed by atoms with Crippen LogP contribution < -0.4 is 5.73 Å². The number of piperidine rings is 1. The number of hydrogen-bond donors (Lipinski definition) is 1. The van der Waals surface area contributed by atoms with Crippen molar-refractivity contribution in [3.05, 3.63) is 35.9 Å². The van der Waals surface area contributed by atoms with E-state index in [4.69, 9.17) is 10.5 Å². The molecule has 1 amide bonds. The van der Waals surface area contributed by atoms with Crippen molar-refractivity contribution < 1.29 is 9.53 Å². The second-order valence-electron chi connectivity index (χ2n) is 4.76. The zero-order valence-electron chi connectivity index (χ0n) is 11.2. The van der Waals surface area contributed by atoms with Crippen molar-refractivity contribution in [2.24, 2.45) is 0 Å². The summed E-state index contributed by atoms with van der Waals surface area (Å²) in [6.45, 7) is 1.53. The van der Waals surface area contributed by atoms with E-state index < -0.39 is 0 Å². The Balaban J connectivity index is 1.89. The monoisotopic (exact) mass is 260 g/mol. The third-order valence-corrected chi connectivity index (χ3v) is 3.44. The summed E-state index contributed by atoms with van der Waals surface area (Å²) in [5, 5.41) is 0. The van der Waals surface area contributed by atoms with Gasteiger partial charge in [-0.2, -0.15) is 0 Å². The summed E-state index contributed by atoms with van der Waals surface area (Å²) >= 11 is 0. The smallest absolute Gasteiger partial charge is 0.246 e. The van der Waals surface area contributed by atoms with E-state index in [0.717, 1.165) is 37.2 Å². The average Bonchev–Trinajstić information content (AvgIpc) is 2.46. The fraction of sp³-hybridized carbons (Fsp3) is 0.400. The number of hydrogen-bond acceptors (Lipinski definition) is 3. The van der Waals surface area contributed by atoms with E-state index in [9.17, 15) is 4.79 Å². The van der Waals surface area contributed by atoms with Gasteiger partial charge in [0.25, 0.3) is 0 Å². The van der Waals surface area contributed by atoms with Crippen molar-refractivity contribution in [1.29, 1.82) is 0 Å². The molecule has 0 radical (unpaired) electrons. The Labute approximate surface area is 113 Å². The molecule has 0 spiro atoms. The summed E-state index contributed by atoms with van der Waals surface area (Å²) in [4.78, 5) is 13.9. The molecule has 4 heteroatoms. The normalized spacial score (nSPS) is 17.0. The van der Waals surface area contributed by atoms with Crippen molar-refractivity contribution >= 4 is 17.7 Å². The fourth-order valence-electron chi connectivity index (χ4n) is 2.19. The largest absolute Gasteiger partial charge is 0.399 e. The minimum atomic E-state index is 0.0615. The molecule has 0 aromatic heterocycles. The topological polar surface area (TPSA) is 55.6 Å². The first-order chi connectivity index (χ1) is 9.19. The Bertz CT molecular complexity index is 446. The molecule has 0 bridgehead atoms. The number of methoxy groups -OCH3 is 1. The molecule has 19 heavy (non-hydrogen) atoms. The fourth-order valence-corrected chi connectivity index (χ4v) is 2.19. The van der Waals surface area contributed by atoms with Crippen molar-refractivity contribution in [3.63, 3.8) is 0 Å². The van der Waals surface area contributed by atoms with Crippen LogP contribution >= 0.6 is 0 Å². The number of rotatable bonds is 3. The molecule has 1 aliphatic rings. The molecule has 0 aliphatic carbocycles. The Hall–Kier alpha value is -1.81. The molecule has 0 unspecified atom stereocenters. The van der Waals surface area contributed by atoms with Gasteiger partial charge in [0, 0.05) is 32.0 Å². The zero-order chi connectivity index (χ0) is 13.7. The summed E-state index contributed by atoms with van der Waals surface area (Å²) in [5.74, 6) is 0.0615. The van der Waals surface area contributed by atoms with Crippen molar-refractivity contribution in [1.82, 2.24) is 4.90 Å². The lowest BCUT2D eigenvalue weighted by molar-refractivity contribution is -0.128. The van der Waals surface area contributed by atoms with Gasteiger partial charge in [-0.15, -0.1) is 0 Å². The molecule has 2 rings (SSSR count). The van der Waals surface area contributed by atoms with E-state index >= 15 is 0 Å². The molecular weight excluding hydrogens is 240 g/mol. The van der Waals surface area contributed by atoms with Gasteiger partial charge >= 0.3 is 0 Å². The van der Waals surface area contributed by atoms with Gasteiger partial charge in [0.1, 0.15) is 0 Å². The highest BCUT2D eigenvalue weighted by Gasteiger charge is 2.20. The van der Waals surface area contributed by atoms with Crippen molar-refractivity contribution in [2.45, 2.75) is 18.9 Å². The molecule has 0 saturated carbocycles. The van der Waals surface area contributed by atoms with Crippen molar-refractivity contribution in [3.8, 4) is 0 Å². The Morgan fingerprint density at radius 2 is 1.95 bits per heavy atom. The molecule has 4 nitrogen and oxygen atoms in total. The van der Waals surface area contributed by atoms with Crippen LogP contribution in [-0.4, -0.2) is 37.1 Å². The SMILES string of the molecule is COC1CCN(C(=O)/C=C/c2ccc(N)cc2)CC1. The molecule has 2 N–H and O–H groups in total. The predicted octanol–water partition coefficient (Wildman–Crippen LogP) is 1.92. The summed E-state index contributed by atoms with van der Waals surface area (Å²) < 4.78 is 5.29. The molecule has 102 valence electrons. The summed E-state index contributed by atoms with van der Waals surface area (Å²) in [6, 6.07) is 7.45. The number of amides is 1. The van der Waals surface area contributed by atoms with Crippen LogP contribution in [0.4, 0.5) is 5.69 Å². The quantitative estimate of drug-likeness (QED) is 0.667. The predicted molar refractivity (Wildman–Crippen MR) is 76.5 cm³/mol. The van der Waals surface area contributed by atoms with Crippen LogP contribution in [0.2, 0.25) is 0 Å². The first-order valence-corrected chi connectivity index (χ1v) is 6.54. The average molecular weight is 260 g/mol. The number of anilines is 1. The van der Waals surface area contributed by atoms with Gasteiger partial charge in [-0.3, -0.25) is 4.79 Å². The molecule has 1 fully saturated rings. The van der Waals surface area contributed by atoms with E-state index in [-0.39, 0.29) is 5.91 Å². The van der Waals surface area contributed by atoms with E-state index in [2.05, 4.69) is 0 Å². The minimum absolute atomic E-state index is 0.0615. The van der Waals surface area contributed by atoms with Crippen LogP contribution in [-0.2, 0) is 9.53 Å². The highest BCUT2D eigenvalue weighted by atomic mass is 16.5. The summed E-state index contributed by atoms with van der Waals surface area (Å²) in [5.41, 5.74) is 7.32. The van der Waals surface area contributed by atoms with Gasteiger partial charge in [-0.1, -0.05) is 12.1 Å². The van der Waals surface area contributed by atoms with Crippen LogP contribution in [0.15, 0.2) is 30.3 Å². The van der Waals surface area contributed by atoms with Gasteiger partial charge in [0.05, 0.1) is 6.10 Å². The lowest BCUT2D eigenvalue weighted by atomic mass is 10.1. The first kappa shape index (κ1) is 13.6. The summed E-state index contributed by atoms with van der Waals surface area (Å²) in [7, 11) is 1.73. The summed E-state index contributed by atoms with van der Waals surface area (Å²) in [6.07, 6.45) is 5.57. The minimum Gasteiger partial charge on any atom is -0.399 e. The van der Waals surface area contributed by atoms with Gasteiger partial charge in [-0.05, 0) is 36.6 Å². The standard InChI is InChI=1S/C15H20N2O2/c1-19-14-8-10-17(11-9-14)15(18)7-4-12-2-5-13(16)6-3-12/h2-7,14H,8-11,16H2,1H3/b7-4+. The highest BCUT2D eigenvalue weighted by molar-refractivity contribution is 5.91. The Morgan fingerprint density at radius 3 is 2.53 bits per heavy atom. The van der Waals surface area contributed by atoms with E-state index in [0.29, 0.717) is 6.10 Å². The van der Waals surface area contributed by atoms with Crippen LogP contribution in [0.25, 0.3) is 6.08 Å². The Kier molecular flexibility index (Phi) is 4.58. The van der Waals surface area contributed by atoms with Gasteiger partial charge in [0.2, 0.25) is 5.91 Å². The second-order valence-corrected chi connectivity index (χ2v) is 4.76. The number of likely N-dealkylation sites (tertiary alicyclic amines) is 1. The molecular formula is C15H20N2O2. The van der Waals surface area contributed by atoms with Crippen LogP contribution in [0, 0.1) is 0 Å². The third kappa shape index (κ3) is 3.83. The van der Waals surface area contributed by atoms with E-state index in [1.807, 2.05) is 35.2 Å². The number of benzene rings is 1. The van der Waals surface area contributed by atoms with Gasteiger partial charge in [0.15, 0.2) is 0 Å². The number of nitrogens with two attached hydrogens (primary N) is 1. The molecule has 1 heterocycles. The van der Waals surface area contributed by atoms with Crippen LogP contribution in [0.3, 0.4) is 0 Å². The molecule has 1 aliphatic heterocycles. The van der Waals surface area contributed by atoms with Crippen LogP contribution in [0.1, 0.15) is 18.4 Å². The number of carbonyl (C=O) groups excluding carboxylic acids is 1. The molecule has 0 atom stereocenters. The van der Waals surface area contributed by atoms with Crippen molar-refractivity contribution in [2.75, 3.05) is 25.9 Å². The first-order valence-electron chi connectivity index (χ1n) is 6.54. The highest BCUT2D eigenvalue weighted by Crippen LogP contribution is 2.14. The lowest BCUT2D eigenvalue weighted by Crippen LogP contribution is -2.39. The molecule has 1 saturated heterocycles. The maximum absolute atomic E-state index is 12.0. The molecule has 1 aromatic rings. The number of nitrogen functional groups attached to an aromatic ring is 1. The third-order valence-electron chi connectivity index (χ3n) is 3.44. The van der Waals surface area contributed by atoms with Crippen LogP contribution in [0.5, 0.6) is 0 Å². The maximum Gasteiger partial charge on any atom is 0.246 e. The van der Waals surface area contributed by atoms with E-state index in [1.54, 1.807) is 13.2 Å². The van der Waals surface area contributed by atoms with Gasteiger partial charge < -0.3 is 15.4 Å². The number of ether oxygens (including phenoxy) is 1. The molecule has 1 aromatic carbocycles. The lowest BCUT2D eigenvalue weighted by Gasteiger charge is -2.30. The second kappa shape index (κ2) is 6.38. The van der Waals surface area contributed by atoms with Gasteiger partial charge in [-0.25, -0.2) is 0 Å². The number of carbonyl (C=O) groups is 1. The maximum atomic E-state index is 12.0. The Morgan fingerprint density at radius 1 is 1.32 bits per heavy atom. The van der Waals surface area contributed by atoms with E-state index in [1.165, 1.54) is 0 Å². The number of nitrogens with zero attached hydrogens (tertiary/aromatic N) is 1.